The minimum Gasteiger partial charge on any atom is -0.507 e. The molecule has 0 unspecified atom stereocenters. The van der Waals surface area contributed by atoms with Crippen LogP contribution in [0.15, 0.2) is 55.8 Å². The number of fused-ring (bicyclic) bond motifs is 1. The second-order valence-electron chi connectivity index (χ2n) is 7.21. The lowest BCUT2D eigenvalue weighted by Crippen LogP contribution is -2.14. The normalized spacial score (nSPS) is 11.9. The van der Waals surface area contributed by atoms with Crippen molar-refractivity contribution < 1.29 is 24.0 Å². The topological polar surface area (TPSA) is 162 Å². The molecule has 0 bridgehead atoms. The fraction of sp³-hybridized carbons (Fsp3) is 0.136. The van der Waals surface area contributed by atoms with E-state index >= 15 is 0 Å². The van der Waals surface area contributed by atoms with Crippen molar-refractivity contribution in [3.05, 3.63) is 77.9 Å². The molecule has 0 amide bonds. The Hall–Kier alpha value is -4.65. The van der Waals surface area contributed by atoms with E-state index in [1.54, 1.807) is 6.92 Å². The van der Waals surface area contributed by atoms with Crippen LogP contribution in [0.25, 0.3) is 16.7 Å². The first-order valence-electron chi connectivity index (χ1n) is 9.97. The molecule has 0 atom stereocenters. The number of aromatic nitrogens is 2. The number of hydrogen-bond donors (Lipinski definition) is 1. The summed E-state index contributed by atoms with van der Waals surface area (Å²) in [7, 11) is 1.34. The van der Waals surface area contributed by atoms with E-state index in [1.165, 1.54) is 61.3 Å². The number of nitro groups is 1. The summed E-state index contributed by atoms with van der Waals surface area (Å²) in [6.45, 7) is 2.96. The van der Waals surface area contributed by atoms with Crippen LogP contribution >= 0.6 is 11.3 Å². The number of phenolic OH excluding ortho intramolecular Hbond substituents is 1. The lowest BCUT2D eigenvalue weighted by Gasteiger charge is -2.09. The van der Waals surface area contributed by atoms with Gasteiger partial charge in [-0.15, -0.1) is 5.10 Å². The van der Waals surface area contributed by atoms with Gasteiger partial charge in [-0.1, -0.05) is 11.3 Å². The maximum atomic E-state index is 12.5. The zero-order chi connectivity index (χ0) is 25.3. The van der Waals surface area contributed by atoms with Crippen molar-refractivity contribution >= 4 is 40.0 Å². The zero-order valence-electron chi connectivity index (χ0n) is 18.6. The molecule has 0 aliphatic rings. The van der Waals surface area contributed by atoms with Gasteiger partial charge in [-0.25, -0.2) is 4.68 Å². The Morgan fingerprint density at radius 2 is 2.03 bits per heavy atom. The number of non-ortho nitro benzene ring substituents is 1. The molecule has 2 aromatic heterocycles. The van der Waals surface area contributed by atoms with Crippen LogP contribution in [0.1, 0.15) is 28.0 Å². The standard InChI is InChI=1S/C22H17N5O7S/c1-11-8-17(30)19-18(34-11)9-16(29)15(20(19)33-3)10-23-24-22-26(25-21(35-22)12(2)28)13-4-6-14(7-5-13)27(31)32/h4-10,29H,1-3H3/b23-10+,24-22?. The van der Waals surface area contributed by atoms with E-state index in [9.17, 15) is 24.8 Å². The van der Waals surface area contributed by atoms with Gasteiger partial charge in [0.05, 0.1) is 29.5 Å². The van der Waals surface area contributed by atoms with Crippen LogP contribution in [0.3, 0.4) is 0 Å². The Bertz CT molecular complexity index is 1630. The van der Waals surface area contributed by atoms with E-state index in [0.29, 0.717) is 11.4 Å². The number of aryl methyl sites for hydroxylation is 1. The highest BCUT2D eigenvalue weighted by Gasteiger charge is 2.17. The molecule has 13 heteroatoms. The summed E-state index contributed by atoms with van der Waals surface area (Å²) in [4.78, 5) is 35.0. The van der Waals surface area contributed by atoms with Gasteiger partial charge in [-0.05, 0) is 19.1 Å². The summed E-state index contributed by atoms with van der Waals surface area (Å²) in [5.41, 5.74) is 0.219. The van der Waals surface area contributed by atoms with Crippen molar-refractivity contribution in [1.82, 2.24) is 9.78 Å². The van der Waals surface area contributed by atoms with Crippen LogP contribution in [0, 0.1) is 17.0 Å². The van der Waals surface area contributed by atoms with Crippen molar-refractivity contribution in [2.24, 2.45) is 10.2 Å². The van der Waals surface area contributed by atoms with E-state index in [1.807, 2.05) is 0 Å². The van der Waals surface area contributed by atoms with Crippen LogP contribution in [0.4, 0.5) is 5.69 Å². The minimum atomic E-state index is -0.530. The molecule has 0 spiro atoms. The highest BCUT2D eigenvalue weighted by Crippen LogP contribution is 2.33. The van der Waals surface area contributed by atoms with Gasteiger partial charge in [0.2, 0.25) is 4.80 Å². The van der Waals surface area contributed by atoms with Gasteiger partial charge in [0.15, 0.2) is 16.2 Å². The molecule has 0 fully saturated rings. The van der Waals surface area contributed by atoms with E-state index < -0.39 is 4.92 Å². The molecule has 4 aromatic rings. The summed E-state index contributed by atoms with van der Waals surface area (Å²) in [5.74, 6) is -0.113. The molecule has 2 heterocycles. The fourth-order valence-corrected chi connectivity index (χ4v) is 4.02. The van der Waals surface area contributed by atoms with Crippen LogP contribution in [0.2, 0.25) is 0 Å². The third-order valence-corrected chi connectivity index (χ3v) is 5.81. The monoisotopic (exact) mass is 495 g/mol. The zero-order valence-corrected chi connectivity index (χ0v) is 19.4. The molecule has 0 aliphatic carbocycles. The van der Waals surface area contributed by atoms with Gasteiger partial charge in [0, 0.05) is 31.2 Å². The van der Waals surface area contributed by atoms with Crippen molar-refractivity contribution in [3.63, 3.8) is 0 Å². The molecule has 0 saturated heterocycles. The van der Waals surface area contributed by atoms with E-state index in [-0.39, 0.29) is 54.7 Å². The number of aromatic hydroxyl groups is 1. The first kappa shape index (κ1) is 23.5. The third-order valence-electron chi connectivity index (χ3n) is 4.81. The van der Waals surface area contributed by atoms with Crippen molar-refractivity contribution in [1.29, 1.82) is 0 Å². The minimum absolute atomic E-state index is 0.0599. The summed E-state index contributed by atoms with van der Waals surface area (Å²) in [5, 5.41) is 34.0. The van der Waals surface area contributed by atoms with Gasteiger partial charge in [-0.3, -0.25) is 19.7 Å². The van der Waals surface area contributed by atoms with Crippen LogP contribution in [-0.2, 0) is 0 Å². The summed E-state index contributed by atoms with van der Waals surface area (Å²) in [6, 6.07) is 8.11. The number of phenols is 1. The molecule has 0 aliphatic heterocycles. The number of ketones is 1. The van der Waals surface area contributed by atoms with Gasteiger partial charge < -0.3 is 14.3 Å². The molecule has 1 N–H and O–H groups in total. The molecule has 12 nitrogen and oxygen atoms in total. The van der Waals surface area contributed by atoms with Crippen molar-refractivity contribution in [3.8, 4) is 17.2 Å². The Morgan fingerprint density at radius 1 is 1.31 bits per heavy atom. The molecule has 0 radical (unpaired) electrons. The fourth-order valence-electron chi connectivity index (χ4n) is 3.26. The average molecular weight is 495 g/mol. The first-order chi connectivity index (χ1) is 16.7. The van der Waals surface area contributed by atoms with Crippen LogP contribution in [-0.4, -0.2) is 38.9 Å². The average Bonchev–Trinajstić information content (AvgIpc) is 3.24. The molecule has 178 valence electrons. The quantitative estimate of drug-likeness (QED) is 0.185. The maximum Gasteiger partial charge on any atom is 0.269 e. The predicted octanol–water partition coefficient (Wildman–Crippen LogP) is 3.11. The van der Waals surface area contributed by atoms with E-state index in [2.05, 4.69) is 15.3 Å². The number of rotatable bonds is 6. The molecular formula is C22H17N5O7S. The molecule has 35 heavy (non-hydrogen) atoms. The predicted molar refractivity (Wildman–Crippen MR) is 127 cm³/mol. The highest BCUT2D eigenvalue weighted by atomic mass is 32.1. The summed E-state index contributed by atoms with van der Waals surface area (Å²) < 4.78 is 12.2. The maximum absolute atomic E-state index is 12.5. The second-order valence-corrected chi connectivity index (χ2v) is 8.17. The highest BCUT2D eigenvalue weighted by molar-refractivity contribution is 7.10. The second kappa shape index (κ2) is 9.30. The Kier molecular flexibility index (Phi) is 6.25. The van der Waals surface area contributed by atoms with Crippen LogP contribution in [0.5, 0.6) is 11.5 Å². The number of hydrogen-bond acceptors (Lipinski definition) is 11. The smallest absolute Gasteiger partial charge is 0.269 e. The van der Waals surface area contributed by atoms with Crippen molar-refractivity contribution in [2.75, 3.05) is 7.11 Å². The summed E-state index contributed by atoms with van der Waals surface area (Å²) in [6.07, 6.45) is 1.19. The Morgan fingerprint density at radius 3 is 2.66 bits per heavy atom. The molecule has 4 rings (SSSR count). The number of nitro benzene ring substituents is 1. The van der Waals surface area contributed by atoms with E-state index in [0.717, 1.165) is 11.3 Å². The Labute approximate surface area is 200 Å². The summed E-state index contributed by atoms with van der Waals surface area (Å²) >= 11 is 0.958. The first-order valence-corrected chi connectivity index (χ1v) is 10.8. The number of ether oxygens (including phenoxy) is 1. The van der Waals surface area contributed by atoms with Gasteiger partial charge in [0.25, 0.3) is 5.69 Å². The lowest BCUT2D eigenvalue weighted by atomic mass is 10.1. The van der Waals surface area contributed by atoms with Crippen LogP contribution < -0.4 is 15.0 Å². The number of benzene rings is 2. The molecular weight excluding hydrogens is 478 g/mol. The van der Waals surface area contributed by atoms with Gasteiger partial charge >= 0.3 is 0 Å². The van der Waals surface area contributed by atoms with E-state index in [4.69, 9.17) is 9.15 Å². The largest absolute Gasteiger partial charge is 0.507 e. The lowest BCUT2D eigenvalue weighted by molar-refractivity contribution is -0.384. The van der Waals surface area contributed by atoms with Crippen molar-refractivity contribution in [2.45, 2.75) is 13.8 Å². The van der Waals surface area contributed by atoms with Gasteiger partial charge in [-0.2, -0.15) is 10.2 Å². The number of Topliss-reactive ketones (excluding diaryl/α,β-unsaturated/α-hetero) is 1. The SMILES string of the molecule is COc1c(/C=N/N=c2sc(C(C)=O)nn2-c2ccc([N+](=O)[O-])cc2)c(O)cc2oc(C)cc(=O)c12. The number of carbonyl (C=O) groups is 1. The number of carbonyl (C=O) groups excluding carboxylic acids is 1. The third kappa shape index (κ3) is 4.56. The molecule has 0 saturated carbocycles. The number of nitrogens with zero attached hydrogens (tertiary/aromatic N) is 5. The Balaban J connectivity index is 1.83. The number of methoxy groups -OCH3 is 1. The molecule has 2 aromatic carbocycles. The van der Waals surface area contributed by atoms with Gasteiger partial charge in [0.1, 0.15) is 28.2 Å².